The molecule has 1 fully saturated rings. The molecule has 1 atom stereocenters. The Morgan fingerprint density at radius 2 is 2.21 bits per heavy atom. The minimum absolute atomic E-state index is 0. The van der Waals surface area contributed by atoms with Crippen LogP contribution in [0.4, 0.5) is 0 Å². The van der Waals surface area contributed by atoms with Crippen LogP contribution in [0.2, 0.25) is 0 Å². The Balaban J connectivity index is 0.00000169. The van der Waals surface area contributed by atoms with E-state index in [-0.39, 0.29) is 24.4 Å². The molecule has 0 spiro atoms. The summed E-state index contributed by atoms with van der Waals surface area (Å²) in [6, 6.07) is 7.54. The molecule has 0 bridgehead atoms. The SMILES string of the molecule is Cl.Cn1ccnc1C1CNCCN1C(=O)c1coc2ccccc12. The van der Waals surface area contributed by atoms with Crippen molar-refractivity contribution in [3.8, 4) is 0 Å². The Kier molecular flexibility index (Phi) is 4.59. The first-order valence-electron chi connectivity index (χ1n) is 7.71. The molecule has 4 rings (SSSR count). The van der Waals surface area contributed by atoms with Crippen molar-refractivity contribution in [3.05, 3.63) is 54.3 Å². The Morgan fingerprint density at radius 3 is 3.00 bits per heavy atom. The summed E-state index contributed by atoms with van der Waals surface area (Å²) >= 11 is 0. The number of rotatable bonds is 2. The highest BCUT2D eigenvalue weighted by atomic mass is 35.5. The molecule has 24 heavy (non-hydrogen) atoms. The second kappa shape index (κ2) is 6.67. The Labute approximate surface area is 145 Å². The standard InChI is InChI=1S/C17H18N4O2.ClH/c1-20-8-7-19-16(20)14-10-18-6-9-21(14)17(22)13-11-23-15-5-3-2-4-12(13)15;/h2-5,7-8,11,14,18H,6,9-10H2,1H3;1H. The van der Waals surface area contributed by atoms with Crippen LogP contribution in [-0.2, 0) is 7.05 Å². The summed E-state index contributed by atoms with van der Waals surface area (Å²) in [6.07, 6.45) is 5.23. The van der Waals surface area contributed by atoms with Crippen LogP contribution in [0.3, 0.4) is 0 Å². The van der Waals surface area contributed by atoms with Gasteiger partial charge in [-0.3, -0.25) is 4.79 Å². The van der Waals surface area contributed by atoms with Crippen molar-refractivity contribution >= 4 is 29.3 Å². The van der Waals surface area contributed by atoms with E-state index >= 15 is 0 Å². The molecular formula is C17H19ClN4O2. The van der Waals surface area contributed by atoms with E-state index in [0.717, 1.165) is 23.3 Å². The summed E-state index contributed by atoms with van der Waals surface area (Å²) in [4.78, 5) is 19.4. The van der Waals surface area contributed by atoms with E-state index in [9.17, 15) is 4.79 Å². The van der Waals surface area contributed by atoms with Gasteiger partial charge < -0.3 is 19.2 Å². The number of carbonyl (C=O) groups is 1. The predicted octanol–water partition coefficient (Wildman–Crippen LogP) is 2.37. The molecule has 2 aromatic heterocycles. The van der Waals surface area contributed by atoms with Gasteiger partial charge in [0, 0.05) is 44.5 Å². The van der Waals surface area contributed by atoms with Crippen LogP contribution in [0.1, 0.15) is 22.2 Å². The summed E-state index contributed by atoms with van der Waals surface area (Å²) in [5.41, 5.74) is 1.35. The lowest BCUT2D eigenvalue weighted by atomic mass is 10.1. The van der Waals surface area contributed by atoms with Gasteiger partial charge in [-0.1, -0.05) is 18.2 Å². The molecule has 1 saturated heterocycles. The number of aryl methyl sites for hydroxylation is 1. The molecule has 6 nitrogen and oxygen atoms in total. The first kappa shape index (κ1) is 16.5. The fraction of sp³-hybridized carbons (Fsp3) is 0.294. The molecule has 1 aliphatic rings. The van der Waals surface area contributed by atoms with Crippen LogP contribution >= 0.6 is 12.4 Å². The van der Waals surface area contributed by atoms with Gasteiger partial charge in [-0.2, -0.15) is 0 Å². The molecule has 1 aromatic carbocycles. The fourth-order valence-corrected chi connectivity index (χ4v) is 3.17. The zero-order chi connectivity index (χ0) is 15.8. The first-order valence-corrected chi connectivity index (χ1v) is 7.71. The minimum atomic E-state index is -0.0788. The summed E-state index contributed by atoms with van der Waals surface area (Å²) < 4.78 is 7.49. The number of fused-ring (bicyclic) bond motifs is 1. The molecule has 1 aliphatic heterocycles. The monoisotopic (exact) mass is 346 g/mol. The number of aromatic nitrogens is 2. The third-order valence-corrected chi connectivity index (χ3v) is 4.37. The minimum Gasteiger partial charge on any atom is -0.463 e. The van der Waals surface area contributed by atoms with Gasteiger partial charge in [0.05, 0.1) is 5.56 Å². The smallest absolute Gasteiger partial charge is 0.258 e. The van der Waals surface area contributed by atoms with Crippen LogP contribution in [0, 0.1) is 0 Å². The molecule has 3 heterocycles. The number of hydrogen-bond donors (Lipinski definition) is 1. The van der Waals surface area contributed by atoms with E-state index in [1.54, 1.807) is 12.5 Å². The molecule has 1 unspecified atom stereocenters. The van der Waals surface area contributed by atoms with Gasteiger partial charge in [-0.15, -0.1) is 12.4 Å². The average Bonchev–Trinajstić information content (AvgIpc) is 3.20. The summed E-state index contributed by atoms with van der Waals surface area (Å²) in [5, 5.41) is 4.20. The maximum atomic E-state index is 13.1. The summed E-state index contributed by atoms with van der Waals surface area (Å²) in [5.74, 6) is 0.878. The van der Waals surface area contributed by atoms with Crippen LogP contribution in [0.15, 0.2) is 47.3 Å². The van der Waals surface area contributed by atoms with Crippen molar-refractivity contribution in [2.75, 3.05) is 19.6 Å². The predicted molar refractivity (Wildman–Crippen MR) is 93.3 cm³/mol. The topological polar surface area (TPSA) is 63.3 Å². The highest BCUT2D eigenvalue weighted by molar-refractivity contribution is 6.06. The zero-order valence-corrected chi connectivity index (χ0v) is 14.1. The van der Waals surface area contributed by atoms with E-state index in [1.165, 1.54) is 0 Å². The van der Waals surface area contributed by atoms with Crippen molar-refractivity contribution in [2.24, 2.45) is 7.05 Å². The number of benzene rings is 1. The first-order chi connectivity index (χ1) is 11.3. The molecule has 0 aliphatic carbocycles. The number of para-hydroxylation sites is 1. The maximum Gasteiger partial charge on any atom is 0.258 e. The number of piperazine rings is 1. The third kappa shape index (κ3) is 2.68. The van der Waals surface area contributed by atoms with Gasteiger partial charge in [0.15, 0.2) is 0 Å². The van der Waals surface area contributed by atoms with E-state index < -0.39 is 0 Å². The molecule has 0 radical (unpaired) electrons. The summed E-state index contributed by atoms with van der Waals surface area (Å²) in [6.45, 7) is 2.13. The Bertz CT molecular complexity index is 857. The van der Waals surface area contributed by atoms with Gasteiger partial charge >= 0.3 is 0 Å². The molecule has 0 saturated carbocycles. The van der Waals surface area contributed by atoms with Crippen LogP contribution in [-0.4, -0.2) is 40.0 Å². The molecule has 1 amide bonds. The highest BCUT2D eigenvalue weighted by Gasteiger charge is 2.32. The van der Waals surface area contributed by atoms with Gasteiger partial charge in [0.25, 0.3) is 5.91 Å². The normalized spacial score (nSPS) is 17.7. The van der Waals surface area contributed by atoms with Gasteiger partial charge in [0.1, 0.15) is 23.7 Å². The van der Waals surface area contributed by atoms with Gasteiger partial charge in [-0.25, -0.2) is 4.98 Å². The van der Waals surface area contributed by atoms with Gasteiger partial charge in [0.2, 0.25) is 0 Å². The molecule has 1 N–H and O–H groups in total. The van der Waals surface area contributed by atoms with Crippen molar-refractivity contribution < 1.29 is 9.21 Å². The number of imidazole rings is 1. The lowest BCUT2D eigenvalue weighted by molar-refractivity contribution is 0.0622. The maximum absolute atomic E-state index is 13.1. The molecule has 126 valence electrons. The third-order valence-electron chi connectivity index (χ3n) is 4.37. The quantitative estimate of drug-likeness (QED) is 0.773. The summed E-state index contributed by atoms with van der Waals surface area (Å²) in [7, 11) is 1.95. The van der Waals surface area contributed by atoms with Crippen LogP contribution in [0.5, 0.6) is 0 Å². The van der Waals surface area contributed by atoms with Crippen molar-refractivity contribution in [1.82, 2.24) is 19.8 Å². The Morgan fingerprint density at radius 1 is 1.38 bits per heavy atom. The number of amides is 1. The zero-order valence-electron chi connectivity index (χ0n) is 13.3. The number of furan rings is 1. The lowest BCUT2D eigenvalue weighted by Crippen LogP contribution is -2.49. The van der Waals surface area contributed by atoms with E-state index in [1.807, 2.05) is 47.0 Å². The van der Waals surface area contributed by atoms with Crippen molar-refractivity contribution in [1.29, 1.82) is 0 Å². The molecular weight excluding hydrogens is 328 g/mol. The lowest BCUT2D eigenvalue weighted by Gasteiger charge is -2.35. The second-order valence-electron chi connectivity index (χ2n) is 5.76. The van der Waals surface area contributed by atoms with E-state index in [2.05, 4.69) is 10.3 Å². The number of halogens is 1. The van der Waals surface area contributed by atoms with Crippen molar-refractivity contribution in [2.45, 2.75) is 6.04 Å². The van der Waals surface area contributed by atoms with E-state index in [4.69, 9.17) is 4.42 Å². The van der Waals surface area contributed by atoms with E-state index in [0.29, 0.717) is 18.7 Å². The number of carbonyl (C=O) groups excluding carboxylic acids is 1. The largest absolute Gasteiger partial charge is 0.463 e. The van der Waals surface area contributed by atoms with Crippen LogP contribution < -0.4 is 5.32 Å². The Hall–Kier alpha value is -2.31. The number of nitrogens with zero attached hydrogens (tertiary/aromatic N) is 3. The molecule has 7 heteroatoms. The van der Waals surface area contributed by atoms with Gasteiger partial charge in [-0.05, 0) is 6.07 Å². The fourth-order valence-electron chi connectivity index (χ4n) is 3.17. The van der Waals surface area contributed by atoms with Crippen LogP contribution in [0.25, 0.3) is 11.0 Å². The number of nitrogens with one attached hydrogen (secondary N) is 1. The second-order valence-corrected chi connectivity index (χ2v) is 5.76. The highest BCUT2D eigenvalue weighted by Crippen LogP contribution is 2.27. The molecule has 3 aromatic rings. The number of hydrogen-bond acceptors (Lipinski definition) is 4. The average molecular weight is 347 g/mol. The van der Waals surface area contributed by atoms with Crippen molar-refractivity contribution in [3.63, 3.8) is 0 Å².